The van der Waals surface area contributed by atoms with E-state index in [0.717, 1.165) is 6.29 Å². The quantitative estimate of drug-likeness (QED) is 0.668. The summed E-state index contributed by atoms with van der Waals surface area (Å²) in [6, 6.07) is 3.19. The van der Waals surface area contributed by atoms with Crippen molar-refractivity contribution in [2.24, 2.45) is 0 Å². The standard InChI is InChI=1S/C6H4ClNO.C5H5N3O.CH4/c7-6-2-1-5(4-9)3-8-6;6-5-7-1-4(3-9)2-8-5;/h1-4H;1-3H,(H2,6,7,8);1H4. The van der Waals surface area contributed by atoms with Gasteiger partial charge >= 0.3 is 0 Å². The molecule has 0 aromatic carbocycles. The largest absolute Gasteiger partial charge is 0.368 e. The second-order valence-electron chi connectivity index (χ2n) is 3.02. The molecule has 0 bridgehead atoms. The number of hydrogen-bond donors (Lipinski definition) is 1. The number of nitrogens with zero attached hydrogens (tertiary/aromatic N) is 3. The number of pyridine rings is 1. The first-order chi connectivity index (χ1) is 8.65. The summed E-state index contributed by atoms with van der Waals surface area (Å²) < 4.78 is 0. The molecule has 0 radical (unpaired) electrons. The number of halogens is 1. The van der Waals surface area contributed by atoms with Crippen LogP contribution in [0.4, 0.5) is 5.95 Å². The average molecular weight is 281 g/mol. The minimum atomic E-state index is 0. The maximum absolute atomic E-state index is 10.0. The Morgan fingerprint density at radius 3 is 1.89 bits per heavy atom. The van der Waals surface area contributed by atoms with Crippen LogP contribution >= 0.6 is 11.6 Å². The number of aldehydes is 2. The van der Waals surface area contributed by atoms with E-state index in [9.17, 15) is 9.59 Å². The second kappa shape index (κ2) is 8.71. The predicted molar refractivity (Wildman–Crippen MR) is 73.2 cm³/mol. The summed E-state index contributed by atoms with van der Waals surface area (Å²) in [5.41, 5.74) is 6.12. The lowest BCUT2D eigenvalue weighted by Crippen LogP contribution is -1.94. The van der Waals surface area contributed by atoms with Crippen molar-refractivity contribution in [3.63, 3.8) is 0 Å². The van der Waals surface area contributed by atoms with Gasteiger partial charge in [0.2, 0.25) is 5.95 Å². The molecule has 0 saturated heterocycles. The zero-order chi connectivity index (χ0) is 13.4. The summed E-state index contributed by atoms with van der Waals surface area (Å²) in [5, 5.41) is 0.403. The van der Waals surface area contributed by atoms with Gasteiger partial charge in [-0.2, -0.15) is 0 Å². The molecule has 2 N–H and O–H groups in total. The van der Waals surface area contributed by atoms with Crippen molar-refractivity contribution in [2.45, 2.75) is 7.43 Å². The van der Waals surface area contributed by atoms with Crippen LogP contribution in [0.1, 0.15) is 28.1 Å². The monoisotopic (exact) mass is 280 g/mol. The Kier molecular flexibility index (Phi) is 7.64. The van der Waals surface area contributed by atoms with E-state index in [1.165, 1.54) is 18.6 Å². The van der Waals surface area contributed by atoms with Gasteiger partial charge in [-0.1, -0.05) is 19.0 Å². The average Bonchev–Trinajstić information content (AvgIpc) is 2.41. The summed E-state index contributed by atoms with van der Waals surface area (Å²) in [5.74, 6) is 0.181. The van der Waals surface area contributed by atoms with Gasteiger partial charge in [0.05, 0.1) is 5.56 Å². The molecule has 0 saturated carbocycles. The molecule has 0 unspecified atom stereocenters. The van der Waals surface area contributed by atoms with Crippen LogP contribution in [0.5, 0.6) is 0 Å². The third kappa shape index (κ3) is 6.23. The molecule has 2 heterocycles. The molecule has 0 aliphatic carbocycles. The Bertz CT molecular complexity index is 465. The summed E-state index contributed by atoms with van der Waals surface area (Å²) in [6.07, 6.45) is 5.56. The molecule has 7 heteroatoms. The zero-order valence-electron chi connectivity index (χ0n) is 9.15. The molecule has 100 valence electrons. The van der Waals surface area contributed by atoms with Gasteiger partial charge in [0.25, 0.3) is 0 Å². The van der Waals surface area contributed by atoms with Crippen LogP contribution in [0.15, 0.2) is 30.7 Å². The van der Waals surface area contributed by atoms with E-state index in [4.69, 9.17) is 17.3 Å². The Morgan fingerprint density at radius 1 is 0.947 bits per heavy atom. The number of rotatable bonds is 2. The van der Waals surface area contributed by atoms with Crippen molar-refractivity contribution in [3.05, 3.63) is 47.0 Å². The van der Waals surface area contributed by atoms with Crippen LogP contribution < -0.4 is 5.73 Å². The van der Waals surface area contributed by atoms with E-state index < -0.39 is 0 Å². The molecule has 2 aromatic rings. The van der Waals surface area contributed by atoms with E-state index in [0.29, 0.717) is 22.6 Å². The van der Waals surface area contributed by atoms with Gasteiger partial charge in [-0.3, -0.25) is 9.59 Å². The lowest BCUT2D eigenvalue weighted by Gasteiger charge is -1.87. The van der Waals surface area contributed by atoms with Gasteiger partial charge in [0, 0.05) is 24.2 Å². The highest BCUT2D eigenvalue weighted by Gasteiger charge is 1.89. The normalized spacial score (nSPS) is 8.47. The smallest absolute Gasteiger partial charge is 0.219 e. The van der Waals surface area contributed by atoms with Crippen molar-refractivity contribution < 1.29 is 9.59 Å². The molecule has 0 atom stereocenters. The van der Waals surface area contributed by atoms with E-state index in [1.807, 2.05) is 0 Å². The number of aromatic nitrogens is 3. The van der Waals surface area contributed by atoms with Crippen LogP contribution in [0.2, 0.25) is 5.15 Å². The maximum Gasteiger partial charge on any atom is 0.219 e. The third-order valence-corrected chi connectivity index (χ3v) is 1.94. The van der Waals surface area contributed by atoms with E-state index >= 15 is 0 Å². The number of nitrogens with two attached hydrogens (primary N) is 1. The maximum atomic E-state index is 10.0. The van der Waals surface area contributed by atoms with Gasteiger partial charge in [0.15, 0.2) is 12.6 Å². The first-order valence-corrected chi connectivity index (χ1v) is 5.13. The Morgan fingerprint density at radius 2 is 1.47 bits per heavy atom. The first-order valence-electron chi connectivity index (χ1n) is 4.75. The molecule has 0 amide bonds. The van der Waals surface area contributed by atoms with Crippen LogP contribution in [0.3, 0.4) is 0 Å². The molecule has 6 nitrogen and oxygen atoms in total. The molecule has 2 aromatic heterocycles. The molecule has 0 aliphatic heterocycles. The number of carbonyl (C=O) groups is 2. The predicted octanol–water partition coefficient (Wildman–Crippen LogP) is 2.05. The van der Waals surface area contributed by atoms with Gasteiger partial charge in [0.1, 0.15) is 5.15 Å². The fraction of sp³-hybridized carbons (Fsp3) is 0.0833. The zero-order valence-corrected chi connectivity index (χ0v) is 9.91. The van der Waals surface area contributed by atoms with E-state index in [1.54, 1.807) is 12.1 Å². The van der Waals surface area contributed by atoms with Crippen LogP contribution in [0, 0.1) is 0 Å². The van der Waals surface area contributed by atoms with Gasteiger partial charge in [-0.15, -0.1) is 0 Å². The summed E-state index contributed by atoms with van der Waals surface area (Å²) in [6.45, 7) is 0. The first kappa shape index (κ1) is 16.7. The van der Waals surface area contributed by atoms with Gasteiger partial charge < -0.3 is 5.73 Å². The Labute approximate surface area is 115 Å². The minimum absolute atomic E-state index is 0. The number of hydrogen-bond acceptors (Lipinski definition) is 6. The number of anilines is 1. The molecular weight excluding hydrogens is 268 g/mol. The summed E-state index contributed by atoms with van der Waals surface area (Å²) in [7, 11) is 0. The van der Waals surface area contributed by atoms with Crippen LogP contribution in [-0.4, -0.2) is 27.5 Å². The SMILES string of the molecule is C.Nc1ncc(C=O)cn1.O=Cc1ccc(Cl)nc1. The fourth-order valence-electron chi connectivity index (χ4n) is 0.866. The van der Waals surface area contributed by atoms with Crippen molar-refractivity contribution >= 4 is 30.1 Å². The van der Waals surface area contributed by atoms with Crippen LogP contribution in [-0.2, 0) is 0 Å². The molecule has 0 spiro atoms. The van der Waals surface area contributed by atoms with Gasteiger partial charge in [-0.25, -0.2) is 15.0 Å². The third-order valence-electron chi connectivity index (χ3n) is 1.71. The molecular formula is C12H13ClN4O2. The van der Waals surface area contributed by atoms with E-state index in [2.05, 4.69) is 15.0 Å². The highest BCUT2D eigenvalue weighted by atomic mass is 35.5. The Hall–Kier alpha value is -2.34. The van der Waals surface area contributed by atoms with E-state index in [-0.39, 0.29) is 13.4 Å². The summed E-state index contributed by atoms with van der Waals surface area (Å²) >= 11 is 5.44. The van der Waals surface area contributed by atoms with Crippen molar-refractivity contribution in [2.75, 3.05) is 5.73 Å². The molecule has 0 aliphatic rings. The second-order valence-corrected chi connectivity index (χ2v) is 3.41. The molecule has 0 fully saturated rings. The Balaban J connectivity index is 0.000000324. The summed E-state index contributed by atoms with van der Waals surface area (Å²) in [4.78, 5) is 30.9. The lowest BCUT2D eigenvalue weighted by molar-refractivity contribution is 0.111. The van der Waals surface area contributed by atoms with Crippen molar-refractivity contribution in [1.29, 1.82) is 0 Å². The number of carbonyl (C=O) groups excluding carboxylic acids is 2. The van der Waals surface area contributed by atoms with Crippen molar-refractivity contribution in [3.8, 4) is 0 Å². The fourth-order valence-corrected chi connectivity index (χ4v) is 0.978. The molecule has 19 heavy (non-hydrogen) atoms. The highest BCUT2D eigenvalue weighted by molar-refractivity contribution is 6.29. The highest BCUT2D eigenvalue weighted by Crippen LogP contribution is 2.02. The lowest BCUT2D eigenvalue weighted by atomic mass is 10.3. The minimum Gasteiger partial charge on any atom is -0.368 e. The molecule has 2 rings (SSSR count). The van der Waals surface area contributed by atoms with Crippen LogP contribution in [0.25, 0.3) is 0 Å². The van der Waals surface area contributed by atoms with Gasteiger partial charge in [-0.05, 0) is 12.1 Å². The number of nitrogen functional groups attached to an aromatic ring is 1. The van der Waals surface area contributed by atoms with Crippen molar-refractivity contribution in [1.82, 2.24) is 15.0 Å². The topological polar surface area (TPSA) is 98.8 Å².